The lowest BCUT2D eigenvalue weighted by atomic mass is 10.1. The quantitative estimate of drug-likeness (QED) is 0.812. The summed E-state index contributed by atoms with van der Waals surface area (Å²) in [5.41, 5.74) is 8.67. The smallest absolute Gasteiger partial charge is 0.267 e. The summed E-state index contributed by atoms with van der Waals surface area (Å²) in [6.07, 6.45) is 5.35. The van der Waals surface area contributed by atoms with Crippen molar-refractivity contribution in [2.24, 2.45) is 5.73 Å². The van der Waals surface area contributed by atoms with Gasteiger partial charge in [-0.2, -0.15) is 0 Å². The van der Waals surface area contributed by atoms with Crippen LogP contribution in [-0.4, -0.2) is 10.9 Å². The van der Waals surface area contributed by atoms with Crippen LogP contribution in [0.3, 0.4) is 0 Å². The minimum Gasteiger partial charge on any atom is -0.364 e. The van der Waals surface area contributed by atoms with Crippen molar-refractivity contribution in [3.63, 3.8) is 0 Å². The zero-order valence-electron chi connectivity index (χ0n) is 9.97. The van der Waals surface area contributed by atoms with E-state index in [-0.39, 0.29) is 0 Å². The number of pyridine rings is 1. The first-order chi connectivity index (χ1) is 8.61. The predicted octanol–water partition coefficient (Wildman–Crippen LogP) is 2.14. The van der Waals surface area contributed by atoms with Crippen LogP contribution in [0.2, 0.25) is 0 Å². The Labute approximate surface area is 106 Å². The summed E-state index contributed by atoms with van der Waals surface area (Å²) >= 11 is 0. The molecule has 3 heteroatoms. The fourth-order valence-corrected chi connectivity index (χ4v) is 1.71. The summed E-state index contributed by atoms with van der Waals surface area (Å²) < 4.78 is 0. The number of carbonyl (C=O) groups excluding carboxylic acids is 1. The van der Waals surface area contributed by atoms with E-state index in [2.05, 4.69) is 10.9 Å². The Morgan fingerprint density at radius 2 is 2.11 bits per heavy atom. The molecule has 2 N–H and O–H groups in total. The lowest BCUT2D eigenvalue weighted by molar-refractivity contribution is 0.0995. The monoisotopic (exact) mass is 236 g/mol. The van der Waals surface area contributed by atoms with Gasteiger partial charge in [-0.15, -0.1) is 6.42 Å². The fraction of sp³-hybridized carbons (Fsp3) is 0.0667. The molecule has 0 radical (unpaired) electrons. The zero-order chi connectivity index (χ0) is 13.1. The van der Waals surface area contributed by atoms with Gasteiger partial charge in [0.15, 0.2) is 0 Å². The highest BCUT2D eigenvalue weighted by atomic mass is 16.1. The van der Waals surface area contributed by atoms with Crippen molar-refractivity contribution in [3.05, 3.63) is 53.2 Å². The van der Waals surface area contributed by atoms with E-state index in [9.17, 15) is 4.79 Å². The zero-order valence-corrected chi connectivity index (χ0v) is 9.97. The van der Waals surface area contributed by atoms with Crippen LogP contribution in [0.4, 0.5) is 0 Å². The second-order valence-corrected chi connectivity index (χ2v) is 3.95. The van der Waals surface area contributed by atoms with E-state index in [4.69, 9.17) is 12.2 Å². The van der Waals surface area contributed by atoms with Crippen LogP contribution in [0.1, 0.15) is 21.6 Å². The average molecular weight is 236 g/mol. The van der Waals surface area contributed by atoms with Crippen molar-refractivity contribution >= 4 is 5.91 Å². The SMILES string of the molecule is C#Cc1cccc(-c2ccc(C)c(C(N)=O)n2)c1. The molecular weight excluding hydrogens is 224 g/mol. The van der Waals surface area contributed by atoms with Gasteiger partial charge < -0.3 is 5.73 Å². The van der Waals surface area contributed by atoms with Gasteiger partial charge in [0.05, 0.1) is 5.69 Å². The van der Waals surface area contributed by atoms with Gasteiger partial charge in [0.25, 0.3) is 5.91 Å². The van der Waals surface area contributed by atoms with E-state index in [1.165, 1.54) is 0 Å². The topological polar surface area (TPSA) is 56.0 Å². The van der Waals surface area contributed by atoms with Crippen LogP contribution < -0.4 is 5.73 Å². The van der Waals surface area contributed by atoms with Gasteiger partial charge in [-0.25, -0.2) is 4.98 Å². The van der Waals surface area contributed by atoms with Crippen LogP contribution in [0.25, 0.3) is 11.3 Å². The van der Waals surface area contributed by atoms with E-state index < -0.39 is 5.91 Å². The van der Waals surface area contributed by atoms with Gasteiger partial charge in [0, 0.05) is 11.1 Å². The number of rotatable bonds is 2. The van der Waals surface area contributed by atoms with E-state index in [1.54, 1.807) is 6.92 Å². The molecule has 18 heavy (non-hydrogen) atoms. The summed E-state index contributed by atoms with van der Waals surface area (Å²) in [6, 6.07) is 11.1. The van der Waals surface area contributed by atoms with Crippen molar-refractivity contribution < 1.29 is 4.79 Å². The van der Waals surface area contributed by atoms with Crippen molar-refractivity contribution in [1.82, 2.24) is 4.98 Å². The first-order valence-corrected chi connectivity index (χ1v) is 5.46. The number of amides is 1. The number of hydrogen-bond donors (Lipinski definition) is 1. The van der Waals surface area contributed by atoms with E-state index in [0.717, 1.165) is 16.7 Å². The number of aromatic nitrogens is 1. The summed E-state index contributed by atoms with van der Waals surface area (Å²) in [4.78, 5) is 15.5. The van der Waals surface area contributed by atoms with Gasteiger partial charge in [-0.1, -0.05) is 24.1 Å². The number of carbonyl (C=O) groups is 1. The third kappa shape index (κ3) is 2.23. The Morgan fingerprint density at radius 3 is 2.78 bits per heavy atom. The molecule has 0 fully saturated rings. The van der Waals surface area contributed by atoms with E-state index >= 15 is 0 Å². The molecule has 0 aliphatic heterocycles. The molecule has 2 rings (SSSR count). The second-order valence-electron chi connectivity index (χ2n) is 3.95. The number of hydrogen-bond acceptors (Lipinski definition) is 2. The normalized spacial score (nSPS) is 9.78. The number of aryl methyl sites for hydroxylation is 1. The summed E-state index contributed by atoms with van der Waals surface area (Å²) in [5.74, 6) is 2.04. The second kappa shape index (κ2) is 4.72. The van der Waals surface area contributed by atoms with Gasteiger partial charge in [-0.3, -0.25) is 4.79 Å². The number of nitrogens with zero attached hydrogens (tertiary/aromatic N) is 1. The van der Waals surface area contributed by atoms with E-state index in [0.29, 0.717) is 11.4 Å². The first kappa shape index (κ1) is 11.9. The Balaban J connectivity index is 2.54. The molecule has 0 spiro atoms. The standard InChI is InChI=1S/C15H12N2O/c1-3-11-5-4-6-12(9-11)13-8-7-10(2)14(17-13)15(16)18/h1,4-9H,2H3,(H2,16,18). The summed E-state index contributed by atoms with van der Waals surface area (Å²) in [7, 11) is 0. The van der Waals surface area contributed by atoms with Crippen molar-refractivity contribution in [2.45, 2.75) is 6.92 Å². The fourth-order valence-electron chi connectivity index (χ4n) is 1.71. The maximum absolute atomic E-state index is 11.3. The van der Waals surface area contributed by atoms with Gasteiger partial charge in [0.1, 0.15) is 5.69 Å². The molecule has 0 aliphatic carbocycles. The molecule has 88 valence electrons. The number of terminal acetylenes is 1. The molecule has 3 nitrogen and oxygen atoms in total. The molecule has 0 bridgehead atoms. The Morgan fingerprint density at radius 1 is 1.33 bits per heavy atom. The molecule has 1 heterocycles. The molecule has 1 aromatic carbocycles. The minimum absolute atomic E-state index is 0.290. The maximum atomic E-state index is 11.3. The molecule has 0 unspecified atom stereocenters. The van der Waals surface area contributed by atoms with Crippen LogP contribution >= 0.6 is 0 Å². The summed E-state index contributed by atoms with van der Waals surface area (Å²) in [5, 5.41) is 0. The Kier molecular flexibility index (Phi) is 3.11. The third-order valence-corrected chi connectivity index (χ3v) is 2.66. The Hall–Kier alpha value is -2.60. The molecule has 0 saturated carbocycles. The molecule has 0 atom stereocenters. The molecule has 0 saturated heterocycles. The lowest BCUT2D eigenvalue weighted by Crippen LogP contribution is -2.15. The Bertz CT molecular complexity index is 654. The largest absolute Gasteiger partial charge is 0.364 e. The van der Waals surface area contributed by atoms with Crippen molar-refractivity contribution in [1.29, 1.82) is 0 Å². The van der Waals surface area contributed by atoms with Gasteiger partial charge >= 0.3 is 0 Å². The van der Waals surface area contributed by atoms with Crippen molar-refractivity contribution in [2.75, 3.05) is 0 Å². The highest BCUT2D eigenvalue weighted by Crippen LogP contribution is 2.19. The predicted molar refractivity (Wildman–Crippen MR) is 70.9 cm³/mol. The number of primary amides is 1. The van der Waals surface area contributed by atoms with Gasteiger partial charge in [-0.05, 0) is 30.7 Å². The van der Waals surface area contributed by atoms with Crippen LogP contribution in [0.5, 0.6) is 0 Å². The number of benzene rings is 1. The van der Waals surface area contributed by atoms with Crippen LogP contribution in [-0.2, 0) is 0 Å². The van der Waals surface area contributed by atoms with Gasteiger partial charge in [0.2, 0.25) is 0 Å². The van der Waals surface area contributed by atoms with E-state index in [1.807, 2.05) is 36.4 Å². The molecule has 1 amide bonds. The van der Waals surface area contributed by atoms with Crippen LogP contribution in [0.15, 0.2) is 36.4 Å². The molecule has 2 aromatic rings. The average Bonchev–Trinajstić information content (AvgIpc) is 2.39. The maximum Gasteiger partial charge on any atom is 0.267 e. The molecular formula is C15H12N2O. The van der Waals surface area contributed by atoms with Crippen molar-refractivity contribution in [3.8, 4) is 23.6 Å². The highest BCUT2D eigenvalue weighted by Gasteiger charge is 2.09. The minimum atomic E-state index is -0.526. The molecule has 0 aliphatic rings. The van der Waals surface area contributed by atoms with Crippen LogP contribution in [0, 0.1) is 19.3 Å². The highest BCUT2D eigenvalue weighted by molar-refractivity contribution is 5.92. The summed E-state index contributed by atoms with van der Waals surface area (Å²) in [6.45, 7) is 1.80. The first-order valence-electron chi connectivity index (χ1n) is 5.46. The third-order valence-electron chi connectivity index (χ3n) is 2.66. The number of nitrogens with two attached hydrogens (primary N) is 1. The lowest BCUT2D eigenvalue weighted by Gasteiger charge is -2.05. The molecule has 1 aromatic heterocycles.